The molecule has 2 aliphatic heterocycles. The number of carboxylic acid groups (broad SMARTS) is 2. The Kier molecular flexibility index (Phi) is 9.11. The highest BCUT2D eigenvalue weighted by molar-refractivity contribution is 7.65. The minimum absolute atomic E-state index is 0.00614. The van der Waals surface area contributed by atoms with E-state index in [0.29, 0.717) is 19.3 Å². The molecule has 2 heterocycles. The fraction of sp³-hybridized carbons (Fsp3) is 0.448. The molecule has 214 valence electrons. The lowest BCUT2D eigenvalue weighted by molar-refractivity contribution is -0.154. The standard InChI is InChI=1S/C29H36N3O7P/c30-23(14-15-25(33)34)26(35)31-17-7-13-24(31)27(36)32-18-8-16-29(32,28(37)38)40(39,19-21-9-3-1-4-10-21)20-22-11-5-2-6-12-22/h1-6,9-12,23-24H,7-8,13-20,30H2,(H,33,34)(H,37,38)/t23-,24-,29+/m0/s1. The lowest BCUT2D eigenvalue weighted by Crippen LogP contribution is -2.59. The second-order valence-electron chi connectivity index (χ2n) is 10.6. The summed E-state index contributed by atoms with van der Waals surface area (Å²) < 4.78 is 15.2. The Morgan fingerprint density at radius 3 is 2.02 bits per heavy atom. The Morgan fingerprint density at radius 2 is 1.50 bits per heavy atom. The highest BCUT2D eigenvalue weighted by Crippen LogP contribution is 2.67. The number of hydrogen-bond acceptors (Lipinski definition) is 6. The number of hydrogen-bond donors (Lipinski definition) is 3. The van der Waals surface area contributed by atoms with E-state index in [1.54, 1.807) is 0 Å². The lowest BCUT2D eigenvalue weighted by atomic mass is 10.1. The normalized spacial score (nSPS) is 21.8. The van der Waals surface area contributed by atoms with Crippen LogP contribution in [0.5, 0.6) is 0 Å². The quantitative estimate of drug-likeness (QED) is 0.348. The van der Waals surface area contributed by atoms with Crippen LogP contribution >= 0.6 is 7.14 Å². The molecule has 2 aromatic rings. The summed E-state index contributed by atoms with van der Waals surface area (Å²) in [5, 5.41) is 17.8. The van der Waals surface area contributed by atoms with Crippen molar-refractivity contribution in [2.75, 3.05) is 13.1 Å². The first-order valence-electron chi connectivity index (χ1n) is 13.6. The average Bonchev–Trinajstić information content (AvgIpc) is 3.61. The van der Waals surface area contributed by atoms with Gasteiger partial charge in [-0.1, -0.05) is 60.7 Å². The highest BCUT2D eigenvalue weighted by atomic mass is 31.2. The number of amides is 2. The number of nitrogens with zero attached hydrogens (tertiary/aromatic N) is 2. The largest absolute Gasteiger partial charge is 0.481 e. The third-order valence-electron chi connectivity index (χ3n) is 8.01. The summed E-state index contributed by atoms with van der Waals surface area (Å²) in [6, 6.07) is 16.1. The number of aliphatic carboxylic acids is 2. The van der Waals surface area contributed by atoms with Crippen molar-refractivity contribution in [2.45, 2.75) is 68.2 Å². The summed E-state index contributed by atoms with van der Waals surface area (Å²) in [6.45, 7) is 0.373. The van der Waals surface area contributed by atoms with E-state index in [1.165, 1.54) is 9.80 Å². The Morgan fingerprint density at radius 1 is 0.925 bits per heavy atom. The van der Waals surface area contributed by atoms with Gasteiger partial charge in [-0.2, -0.15) is 0 Å². The third-order valence-corrected chi connectivity index (χ3v) is 11.8. The Balaban J connectivity index is 1.70. The van der Waals surface area contributed by atoms with Crippen LogP contribution in [0.4, 0.5) is 0 Å². The van der Waals surface area contributed by atoms with Crippen molar-refractivity contribution >= 4 is 30.9 Å². The number of benzene rings is 2. The molecule has 10 nitrogen and oxygen atoms in total. The van der Waals surface area contributed by atoms with E-state index in [1.807, 2.05) is 60.7 Å². The molecule has 4 rings (SSSR count). The topological polar surface area (TPSA) is 158 Å². The second kappa shape index (κ2) is 12.4. The molecular formula is C29H36N3O7P. The summed E-state index contributed by atoms with van der Waals surface area (Å²) in [7, 11) is -3.72. The third kappa shape index (κ3) is 5.83. The van der Waals surface area contributed by atoms with Crippen LogP contribution in [0, 0.1) is 0 Å². The molecule has 0 radical (unpaired) electrons. The van der Waals surface area contributed by atoms with Crippen LogP contribution in [-0.2, 0) is 36.1 Å². The number of likely N-dealkylation sites (tertiary alicyclic amines) is 2. The average molecular weight is 570 g/mol. The van der Waals surface area contributed by atoms with Gasteiger partial charge in [0.2, 0.25) is 11.8 Å². The minimum atomic E-state index is -3.72. The van der Waals surface area contributed by atoms with Gasteiger partial charge in [-0.15, -0.1) is 0 Å². The van der Waals surface area contributed by atoms with Crippen LogP contribution < -0.4 is 5.73 Å². The number of carbonyl (C=O) groups is 4. The number of rotatable bonds is 11. The van der Waals surface area contributed by atoms with E-state index >= 15 is 4.57 Å². The van der Waals surface area contributed by atoms with Gasteiger partial charge in [-0.3, -0.25) is 14.4 Å². The van der Waals surface area contributed by atoms with Crippen LogP contribution in [-0.4, -0.2) is 74.2 Å². The predicted molar refractivity (Wildman–Crippen MR) is 149 cm³/mol. The fourth-order valence-electron chi connectivity index (χ4n) is 6.07. The van der Waals surface area contributed by atoms with Crippen molar-refractivity contribution < 1.29 is 34.0 Å². The molecule has 0 aliphatic carbocycles. The lowest BCUT2D eigenvalue weighted by Gasteiger charge is -2.43. The zero-order valence-corrected chi connectivity index (χ0v) is 23.2. The molecule has 2 amide bonds. The van der Waals surface area contributed by atoms with E-state index in [-0.39, 0.29) is 44.7 Å². The first-order valence-corrected chi connectivity index (χ1v) is 15.7. The smallest absolute Gasteiger partial charge is 0.337 e. The number of carbonyl (C=O) groups excluding carboxylic acids is 2. The maximum atomic E-state index is 15.2. The number of nitrogens with two attached hydrogens (primary N) is 1. The van der Waals surface area contributed by atoms with Crippen LogP contribution in [0.2, 0.25) is 0 Å². The first kappa shape index (κ1) is 29.5. The molecule has 3 atom stereocenters. The molecule has 2 aromatic carbocycles. The van der Waals surface area contributed by atoms with Crippen molar-refractivity contribution in [3.05, 3.63) is 71.8 Å². The Bertz CT molecular complexity index is 1240. The van der Waals surface area contributed by atoms with Gasteiger partial charge in [0.15, 0.2) is 5.28 Å². The van der Waals surface area contributed by atoms with Crippen LogP contribution in [0.3, 0.4) is 0 Å². The molecule has 2 aliphatic rings. The summed E-state index contributed by atoms with van der Waals surface area (Å²) >= 11 is 0. The number of carboxylic acids is 2. The molecule has 0 spiro atoms. The molecule has 0 unspecified atom stereocenters. The highest BCUT2D eigenvalue weighted by Gasteiger charge is 2.62. The van der Waals surface area contributed by atoms with Crippen molar-refractivity contribution in [3.63, 3.8) is 0 Å². The van der Waals surface area contributed by atoms with Crippen LogP contribution in [0.1, 0.15) is 49.7 Å². The molecule has 0 saturated carbocycles. The van der Waals surface area contributed by atoms with Crippen molar-refractivity contribution in [3.8, 4) is 0 Å². The molecular weight excluding hydrogens is 533 g/mol. The van der Waals surface area contributed by atoms with Gasteiger partial charge in [-0.25, -0.2) is 4.79 Å². The maximum absolute atomic E-state index is 15.2. The van der Waals surface area contributed by atoms with Gasteiger partial charge in [0.1, 0.15) is 13.2 Å². The van der Waals surface area contributed by atoms with E-state index in [9.17, 15) is 24.3 Å². The predicted octanol–water partition coefficient (Wildman–Crippen LogP) is 3.34. The zero-order valence-electron chi connectivity index (χ0n) is 22.4. The van der Waals surface area contributed by atoms with Crippen LogP contribution in [0.15, 0.2) is 60.7 Å². The van der Waals surface area contributed by atoms with Gasteiger partial charge in [0.05, 0.1) is 6.04 Å². The van der Waals surface area contributed by atoms with E-state index in [4.69, 9.17) is 10.8 Å². The SMILES string of the molecule is N[C@@H](CCC(=O)O)C(=O)N1CCC[C@H]1C(=O)N1CCC[C@]1(C(=O)O)P(=O)(Cc1ccccc1)Cc1ccccc1. The molecule has 0 aromatic heterocycles. The van der Waals surface area contributed by atoms with E-state index in [2.05, 4.69) is 0 Å². The van der Waals surface area contributed by atoms with Crippen molar-refractivity contribution in [2.24, 2.45) is 5.73 Å². The first-order chi connectivity index (χ1) is 19.1. The van der Waals surface area contributed by atoms with Crippen molar-refractivity contribution in [1.29, 1.82) is 0 Å². The van der Waals surface area contributed by atoms with Crippen molar-refractivity contribution in [1.82, 2.24) is 9.80 Å². The zero-order chi connectivity index (χ0) is 28.9. The maximum Gasteiger partial charge on any atom is 0.337 e. The fourth-order valence-corrected chi connectivity index (χ4v) is 9.86. The summed E-state index contributed by atoms with van der Waals surface area (Å²) in [4.78, 5) is 54.1. The molecule has 2 saturated heterocycles. The van der Waals surface area contributed by atoms with E-state index in [0.717, 1.165) is 11.1 Å². The monoisotopic (exact) mass is 569 g/mol. The van der Waals surface area contributed by atoms with Gasteiger partial charge >= 0.3 is 11.9 Å². The summed E-state index contributed by atoms with van der Waals surface area (Å²) in [6.07, 6.45) is 0.914. The molecule has 11 heteroatoms. The summed E-state index contributed by atoms with van der Waals surface area (Å²) in [5.74, 6) is -3.46. The Hall–Kier alpha value is -3.49. The minimum Gasteiger partial charge on any atom is -0.481 e. The molecule has 40 heavy (non-hydrogen) atoms. The Labute approximate surface area is 233 Å². The van der Waals surface area contributed by atoms with E-state index < -0.39 is 48.3 Å². The van der Waals surface area contributed by atoms with Gasteiger partial charge < -0.3 is 30.3 Å². The van der Waals surface area contributed by atoms with Crippen LogP contribution in [0.25, 0.3) is 0 Å². The van der Waals surface area contributed by atoms with Gasteiger partial charge in [0.25, 0.3) is 0 Å². The van der Waals surface area contributed by atoms with Gasteiger partial charge in [-0.05, 0) is 43.2 Å². The molecule has 4 N–H and O–H groups in total. The summed E-state index contributed by atoms with van der Waals surface area (Å²) in [5.41, 5.74) is 7.44. The van der Waals surface area contributed by atoms with Gasteiger partial charge in [0, 0.05) is 31.8 Å². The molecule has 0 bridgehead atoms. The molecule has 2 fully saturated rings. The second-order valence-corrected chi connectivity index (χ2v) is 13.8.